The molecular weight excluding hydrogens is 312 g/mol. The summed E-state index contributed by atoms with van der Waals surface area (Å²) >= 11 is 1.45. The van der Waals surface area contributed by atoms with E-state index in [1.54, 1.807) is 19.1 Å². The molecule has 2 amide bonds. The van der Waals surface area contributed by atoms with Crippen LogP contribution in [0.15, 0.2) is 35.7 Å². The summed E-state index contributed by atoms with van der Waals surface area (Å²) in [4.78, 5) is 28.0. The van der Waals surface area contributed by atoms with Crippen molar-refractivity contribution in [2.75, 3.05) is 6.54 Å². The second-order valence-electron chi connectivity index (χ2n) is 5.14. The molecule has 0 aliphatic heterocycles. The molecule has 1 heterocycles. The number of nitrogens with two attached hydrogens (primary N) is 1. The van der Waals surface area contributed by atoms with E-state index in [1.165, 1.54) is 11.3 Å². The summed E-state index contributed by atoms with van der Waals surface area (Å²) in [5, 5.41) is 8.29. The van der Waals surface area contributed by atoms with Gasteiger partial charge in [0.25, 0.3) is 5.91 Å². The molecule has 1 aromatic heterocycles. The summed E-state index contributed by atoms with van der Waals surface area (Å²) in [5.41, 5.74) is 6.84. The first-order valence-electron chi connectivity index (χ1n) is 7.34. The smallest absolute Gasteiger partial charge is 0.251 e. The van der Waals surface area contributed by atoms with Crippen LogP contribution >= 0.6 is 11.3 Å². The highest BCUT2D eigenvalue weighted by molar-refractivity contribution is 7.09. The van der Waals surface area contributed by atoms with Crippen LogP contribution in [-0.2, 0) is 17.9 Å². The van der Waals surface area contributed by atoms with Crippen molar-refractivity contribution in [3.8, 4) is 0 Å². The summed E-state index contributed by atoms with van der Waals surface area (Å²) in [6.45, 7) is 2.83. The number of hydrogen-bond donors (Lipinski definition) is 3. The molecule has 2 aromatic rings. The maximum Gasteiger partial charge on any atom is 0.251 e. The van der Waals surface area contributed by atoms with Crippen molar-refractivity contribution in [2.45, 2.75) is 20.0 Å². The second kappa shape index (κ2) is 8.40. The van der Waals surface area contributed by atoms with Gasteiger partial charge in [-0.2, -0.15) is 0 Å². The lowest BCUT2D eigenvalue weighted by Crippen LogP contribution is -2.32. The first-order chi connectivity index (χ1) is 11.1. The molecule has 122 valence electrons. The van der Waals surface area contributed by atoms with E-state index in [1.807, 2.05) is 23.6 Å². The first kappa shape index (κ1) is 17.1. The van der Waals surface area contributed by atoms with Gasteiger partial charge >= 0.3 is 0 Å². The Morgan fingerprint density at radius 1 is 1.22 bits per heavy atom. The lowest BCUT2D eigenvalue weighted by molar-refractivity contribution is -0.124. The Hall–Kier alpha value is -2.25. The van der Waals surface area contributed by atoms with Crippen molar-refractivity contribution >= 4 is 23.2 Å². The molecule has 1 atom stereocenters. The van der Waals surface area contributed by atoms with Gasteiger partial charge in [-0.15, -0.1) is 11.3 Å². The Labute approximate surface area is 139 Å². The molecule has 23 heavy (non-hydrogen) atoms. The Bertz CT molecular complexity index is 657. The van der Waals surface area contributed by atoms with Crippen molar-refractivity contribution in [1.29, 1.82) is 0 Å². The fourth-order valence-corrected chi connectivity index (χ4v) is 2.55. The maximum atomic E-state index is 11.9. The summed E-state index contributed by atoms with van der Waals surface area (Å²) in [6.07, 6.45) is 0. The summed E-state index contributed by atoms with van der Waals surface area (Å²) in [7, 11) is 0. The number of hydrogen-bond acceptors (Lipinski definition) is 5. The third kappa shape index (κ3) is 5.15. The van der Waals surface area contributed by atoms with Crippen LogP contribution in [0.3, 0.4) is 0 Å². The topological polar surface area (TPSA) is 97.1 Å². The summed E-state index contributed by atoms with van der Waals surface area (Å²) < 4.78 is 0. The van der Waals surface area contributed by atoms with Crippen LogP contribution in [0.25, 0.3) is 0 Å². The Balaban J connectivity index is 1.81. The molecule has 6 nitrogen and oxygen atoms in total. The van der Waals surface area contributed by atoms with Gasteiger partial charge in [-0.3, -0.25) is 9.59 Å². The van der Waals surface area contributed by atoms with E-state index in [2.05, 4.69) is 15.6 Å². The SMILES string of the molecule is CC(CN)C(=O)NCc1csc(CNC(=O)c2ccccc2)n1. The average molecular weight is 332 g/mol. The fraction of sp³-hybridized carbons (Fsp3) is 0.312. The van der Waals surface area contributed by atoms with Gasteiger partial charge in [-0.25, -0.2) is 4.98 Å². The lowest BCUT2D eigenvalue weighted by Gasteiger charge is -2.08. The number of nitrogens with zero attached hydrogens (tertiary/aromatic N) is 1. The number of amides is 2. The normalized spacial score (nSPS) is 11.7. The van der Waals surface area contributed by atoms with Crippen LogP contribution < -0.4 is 16.4 Å². The molecule has 4 N–H and O–H groups in total. The van der Waals surface area contributed by atoms with Gasteiger partial charge in [0, 0.05) is 23.4 Å². The summed E-state index contributed by atoms with van der Waals surface area (Å²) in [5.74, 6) is -0.426. The van der Waals surface area contributed by atoms with E-state index in [9.17, 15) is 9.59 Å². The third-order valence-corrected chi connectivity index (χ3v) is 4.18. The van der Waals surface area contributed by atoms with Crippen molar-refractivity contribution in [3.63, 3.8) is 0 Å². The van der Waals surface area contributed by atoms with Gasteiger partial charge in [0.15, 0.2) is 0 Å². The van der Waals surface area contributed by atoms with Crippen LogP contribution in [0.1, 0.15) is 28.0 Å². The van der Waals surface area contributed by atoms with Crippen LogP contribution in [0, 0.1) is 5.92 Å². The minimum atomic E-state index is -0.210. The van der Waals surface area contributed by atoms with E-state index in [-0.39, 0.29) is 17.7 Å². The van der Waals surface area contributed by atoms with Crippen molar-refractivity contribution in [2.24, 2.45) is 11.7 Å². The van der Waals surface area contributed by atoms with Crippen LogP contribution in [0.2, 0.25) is 0 Å². The van der Waals surface area contributed by atoms with Gasteiger partial charge in [0.1, 0.15) is 5.01 Å². The Morgan fingerprint density at radius 2 is 1.96 bits per heavy atom. The molecule has 0 bridgehead atoms. The maximum absolute atomic E-state index is 11.9. The van der Waals surface area contributed by atoms with E-state index >= 15 is 0 Å². The van der Waals surface area contributed by atoms with E-state index in [4.69, 9.17) is 5.73 Å². The molecule has 0 aliphatic rings. The Morgan fingerprint density at radius 3 is 2.65 bits per heavy atom. The molecule has 2 rings (SSSR count). The summed E-state index contributed by atoms with van der Waals surface area (Å²) in [6, 6.07) is 9.03. The molecule has 1 aromatic carbocycles. The minimum absolute atomic E-state index is 0.0839. The van der Waals surface area contributed by atoms with Crippen LogP contribution in [0.4, 0.5) is 0 Å². The average Bonchev–Trinajstić information content (AvgIpc) is 3.05. The fourth-order valence-electron chi connectivity index (χ4n) is 1.82. The quantitative estimate of drug-likeness (QED) is 0.711. The molecule has 0 spiro atoms. The lowest BCUT2D eigenvalue weighted by atomic mass is 10.2. The highest BCUT2D eigenvalue weighted by Gasteiger charge is 2.11. The third-order valence-electron chi connectivity index (χ3n) is 3.28. The van der Waals surface area contributed by atoms with Crippen LogP contribution in [-0.4, -0.2) is 23.3 Å². The zero-order chi connectivity index (χ0) is 16.7. The predicted octanol–water partition coefficient (Wildman–Crippen LogP) is 1.28. The van der Waals surface area contributed by atoms with Gasteiger partial charge in [0.2, 0.25) is 5.91 Å². The number of rotatable bonds is 7. The van der Waals surface area contributed by atoms with Gasteiger partial charge in [-0.05, 0) is 12.1 Å². The number of thiazole rings is 1. The van der Waals surface area contributed by atoms with E-state index in [0.29, 0.717) is 25.2 Å². The first-order valence-corrected chi connectivity index (χ1v) is 8.22. The molecular formula is C16H20N4O2S. The van der Waals surface area contributed by atoms with Crippen molar-refractivity contribution < 1.29 is 9.59 Å². The number of nitrogens with one attached hydrogen (secondary N) is 2. The number of carbonyl (C=O) groups is 2. The number of carbonyl (C=O) groups excluding carboxylic acids is 2. The highest BCUT2D eigenvalue weighted by atomic mass is 32.1. The zero-order valence-electron chi connectivity index (χ0n) is 12.9. The van der Waals surface area contributed by atoms with Crippen molar-refractivity contribution in [1.82, 2.24) is 15.6 Å². The monoisotopic (exact) mass is 332 g/mol. The van der Waals surface area contributed by atoms with E-state index < -0.39 is 0 Å². The van der Waals surface area contributed by atoms with Gasteiger partial charge in [-0.1, -0.05) is 25.1 Å². The zero-order valence-corrected chi connectivity index (χ0v) is 13.7. The van der Waals surface area contributed by atoms with Gasteiger partial charge < -0.3 is 16.4 Å². The standard InChI is InChI=1S/C16H20N4O2S/c1-11(7-17)15(21)18-8-13-10-23-14(20-13)9-19-16(22)12-5-3-2-4-6-12/h2-6,10-11H,7-9,17H2,1H3,(H,18,21)(H,19,22). The molecule has 7 heteroatoms. The minimum Gasteiger partial charge on any atom is -0.350 e. The molecule has 1 unspecified atom stereocenters. The van der Waals surface area contributed by atoms with E-state index in [0.717, 1.165) is 10.7 Å². The number of benzene rings is 1. The molecule has 0 fully saturated rings. The molecule has 0 saturated heterocycles. The number of aromatic nitrogens is 1. The molecule has 0 saturated carbocycles. The van der Waals surface area contributed by atoms with Crippen molar-refractivity contribution in [3.05, 3.63) is 52.0 Å². The molecule has 0 aliphatic carbocycles. The second-order valence-corrected chi connectivity index (χ2v) is 6.08. The largest absolute Gasteiger partial charge is 0.350 e. The molecule has 0 radical (unpaired) electrons. The predicted molar refractivity (Wildman–Crippen MR) is 89.8 cm³/mol. The van der Waals surface area contributed by atoms with Crippen LogP contribution in [0.5, 0.6) is 0 Å². The van der Waals surface area contributed by atoms with Gasteiger partial charge in [0.05, 0.1) is 18.8 Å². The highest BCUT2D eigenvalue weighted by Crippen LogP contribution is 2.10. The Kier molecular flexibility index (Phi) is 6.25.